The van der Waals surface area contributed by atoms with Gasteiger partial charge in [-0.25, -0.2) is 0 Å². The van der Waals surface area contributed by atoms with Crippen molar-refractivity contribution in [1.29, 1.82) is 0 Å². The molecule has 0 aliphatic rings. The first-order chi connectivity index (χ1) is 11.7. The van der Waals surface area contributed by atoms with Crippen LogP contribution >= 0.6 is 0 Å². The van der Waals surface area contributed by atoms with Gasteiger partial charge in [0, 0.05) is 11.1 Å². The molecule has 0 atom stereocenters. The second-order valence-electron chi connectivity index (χ2n) is 5.82. The van der Waals surface area contributed by atoms with Crippen molar-refractivity contribution in [2.45, 2.75) is 20.3 Å². The van der Waals surface area contributed by atoms with Crippen molar-refractivity contribution >= 4 is 11.9 Å². The molecule has 0 saturated carbocycles. The number of hydrogen-bond acceptors (Lipinski definition) is 2. The van der Waals surface area contributed by atoms with Crippen molar-refractivity contribution < 1.29 is 9.21 Å². The van der Waals surface area contributed by atoms with Gasteiger partial charge < -0.3 is 4.42 Å². The molecule has 0 aliphatic carbocycles. The molecule has 0 radical (unpaired) electrons. The monoisotopic (exact) mass is 316 g/mol. The lowest BCUT2D eigenvalue weighted by molar-refractivity contribution is 0.104. The lowest BCUT2D eigenvalue weighted by Crippen LogP contribution is -1.94. The minimum atomic E-state index is -0.0223. The van der Waals surface area contributed by atoms with E-state index in [1.165, 1.54) is 11.1 Å². The summed E-state index contributed by atoms with van der Waals surface area (Å²) in [5, 5.41) is 0. The van der Waals surface area contributed by atoms with Crippen LogP contribution in [0.4, 0.5) is 0 Å². The van der Waals surface area contributed by atoms with Crippen molar-refractivity contribution in [3.8, 4) is 11.3 Å². The van der Waals surface area contributed by atoms with Crippen LogP contribution < -0.4 is 0 Å². The Morgan fingerprint density at radius 2 is 1.67 bits per heavy atom. The SMILES string of the molecule is CCc1ccc(C(=O)C=Cc2ccc(-c3ccc(C)cc3)o2)cc1. The van der Waals surface area contributed by atoms with Gasteiger partial charge in [-0.1, -0.05) is 61.0 Å². The molecule has 0 amide bonds. The minimum absolute atomic E-state index is 0.0223. The molecule has 2 heteroatoms. The molecular weight excluding hydrogens is 296 g/mol. The maximum atomic E-state index is 12.2. The van der Waals surface area contributed by atoms with Crippen LogP contribution in [0, 0.1) is 6.92 Å². The smallest absolute Gasteiger partial charge is 0.185 e. The normalized spacial score (nSPS) is 11.1. The van der Waals surface area contributed by atoms with Crippen LogP contribution in [-0.4, -0.2) is 5.78 Å². The summed E-state index contributed by atoms with van der Waals surface area (Å²) in [6, 6.07) is 19.7. The third-order valence-corrected chi connectivity index (χ3v) is 4.01. The van der Waals surface area contributed by atoms with E-state index in [9.17, 15) is 4.79 Å². The highest BCUT2D eigenvalue weighted by Crippen LogP contribution is 2.23. The molecule has 24 heavy (non-hydrogen) atoms. The maximum Gasteiger partial charge on any atom is 0.185 e. The largest absolute Gasteiger partial charge is 0.457 e. The maximum absolute atomic E-state index is 12.2. The van der Waals surface area contributed by atoms with Gasteiger partial charge in [-0.15, -0.1) is 0 Å². The Hall–Kier alpha value is -2.87. The van der Waals surface area contributed by atoms with E-state index in [1.807, 2.05) is 48.5 Å². The highest BCUT2D eigenvalue weighted by Gasteiger charge is 2.05. The third-order valence-electron chi connectivity index (χ3n) is 4.01. The quantitative estimate of drug-likeness (QED) is 0.445. The fourth-order valence-corrected chi connectivity index (χ4v) is 2.47. The van der Waals surface area contributed by atoms with Gasteiger partial charge in [0.25, 0.3) is 0 Å². The highest BCUT2D eigenvalue weighted by molar-refractivity contribution is 6.06. The van der Waals surface area contributed by atoms with E-state index in [0.29, 0.717) is 11.3 Å². The number of carbonyl (C=O) groups excluding carboxylic acids is 1. The summed E-state index contributed by atoms with van der Waals surface area (Å²) in [6.45, 7) is 4.15. The molecule has 0 spiro atoms. The Kier molecular flexibility index (Phi) is 4.76. The van der Waals surface area contributed by atoms with Gasteiger partial charge in [0.15, 0.2) is 5.78 Å². The molecule has 0 fully saturated rings. The van der Waals surface area contributed by atoms with Crippen LogP contribution in [0.5, 0.6) is 0 Å². The molecule has 3 rings (SSSR count). The van der Waals surface area contributed by atoms with Crippen molar-refractivity contribution in [3.05, 3.63) is 89.2 Å². The van der Waals surface area contributed by atoms with Crippen LogP contribution in [0.25, 0.3) is 17.4 Å². The van der Waals surface area contributed by atoms with Crippen LogP contribution in [0.3, 0.4) is 0 Å². The zero-order chi connectivity index (χ0) is 16.9. The van der Waals surface area contributed by atoms with Crippen molar-refractivity contribution in [2.75, 3.05) is 0 Å². The number of furan rings is 1. The molecule has 0 aliphatic heterocycles. The topological polar surface area (TPSA) is 30.2 Å². The van der Waals surface area contributed by atoms with Crippen molar-refractivity contribution in [2.24, 2.45) is 0 Å². The molecule has 2 aromatic carbocycles. The first kappa shape index (κ1) is 16.0. The molecule has 0 unspecified atom stereocenters. The van der Waals surface area contributed by atoms with Crippen molar-refractivity contribution in [3.63, 3.8) is 0 Å². The lowest BCUT2D eigenvalue weighted by atomic mass is 10.1. The minimum Gasteiger partial charge on any atom is -0.457 e. The summed E-state index contributed by atoms with van der Waals surface area (Å²) in [4.78, 5) is 12.2. The standard InChI is InChI=1S/C22H20O2/c1-3-17-6-10-18(11-7-17)21(23)14-12-20-13-15-22(24-20)19-8-4-16(2)5-9-19/h4-15H,3H2,1-2H3. The van der Waals surface area contributed by atoms with Gasteiger partial charge in [0.05, 0.1) is 0 Å². The van der Waals surface area contributed by atoms with Gasteiger partial charge in [-0.3, -0.25) is 4.79 Å². The molecule has 1 heterocycles. The molecule has 120 valence electrons. The van der Waals surface area contributed by atoms with Gasteiger partial charge >= 0.3 is 0 Å². The Morgan fingerprint density at radius 1 is 0.958 bits per heavy atom. The predicted octanol–water partition coefficient (Wildman–Crippen LogP) is 5.71. The molecule has 0 bridgehead atoms. The number of ketones is 1. The van der Waals surface area contributed by atoms with Crippen LogP contribution in [0.2, 0.25) is 0 Å². The molecule has 0 saturated heterocycles. The average Bonchev–Trinajstić information content (AvgIpc) is 3.09. The predicted molar refractivity (Wildman–Crippen MR) is 98.1 cm³/mol. The van der Waals surface area contributed by atoms with Gasteiger partial charge in [-0.05, 0) is 43.2 Å². The summed E-state index contributed by atoms with van der Waals surface area (Å²) in [5.74, 6) is 1.45. The number of benzene rings is 2. The molecule has 1 aromatic heterocycles. The Morgan fingerprint density at radius 3 is 2.33 bits per heavy atom. The fraction of sp³-hybridized carbons (Fsp3) is 0.136. The summed E-state index contributed by atoms with van der Waals surface area (Å²) in [7, 11) is 0. The lowest BCUT2D eigenvalue weighted by Gasteiger charge is -1.98. The zero-order valence-electron chi connectivity index (χ0n) is 14.0. The third kappa shape index (κ3) is 3.72. The van der Waals surface area contributed by atoms with Crippen LogP contribution in [0.15, 0.2) is 71.2 Å². The number of hydrogen-bond donors (Lipinski definition) is 0. The first-order valence-electron chi connectivity index (χ1n) is 8.14. The van der Waals surface area contributed by atoms with E-state index in [-0.39, 0.29) is 5.78 Å². The van der Waals surface area contributed by atoms with E-state index in [4.69, 9.17) is 4.42 Å². The summed E-state index contributed by atoms with van der Waals surface area (Å²) in [6.07, 6.45) is 4.24. The summed E-state index contributed by atoms with van der Waals surface area (Å²) >= 11 is 0. The van der Waals surface area contributed by atoms with E-state index < -0.39 is 0 Å². The average molecular weight is 316 g/mol. The van der Waals surface area contributed by atoms with Gasteiger partial charge in [0.2, 0.25) is 0 Å². The number of carbonyl (C=O) groups is 1. The highest BCUT2D eigenvalue weighted by atomic mass is 16.3. The second-order valence-corrected chi connectivity index (χ2v) is 5.82. The van der Waals surface area contributed by atoms with Gasteiger partial charge in [0.1, 0.15) is 11.5 Å². The fourth-order valence-electron chi connectivity index (χ4n) is 2.47. The van der Waals surface area contributed by atoms with E-state index in [1.54, 1.807) is 12.2 Å². The Bertz CT molecular complexity index is 850. The number of rotatable bonds is 5. The summed E-state index contributed by atoms with van der Waals surface area (Å²) < 4.78 is 5.79. The zero-order valence-corrected chi connectivity index (χ0v) is 14.0. The molecule has 0 N–H and O–H groups in total. The second kappa shape index (κ2) is 7.14. The first-order valence-corrected chi connectivity index (χ1v) is 8.14. The van der Waals surface area contributed by atoms with Crippen molar-refractivity contribution in [1.82, 2.24) is 0 Å². The molecule has 2 nitrogen and oxygen atoms in total. The Balaban J connectivity index is 1.72. The van der Waals surface area contributed by atoms with E-state index in [2.05, 4.69) is 26.0 Å². The van der Waals surface area contributed by atoms with Gasteiger partial charge in [-0.2, -0.15) is 0 Å². The van der Waals surface area contributed by atoms with Crippen LogP contribution in [0.1, 0.15) is 34.2 Å². The van der Waals surface area contributed by atoms with E-state index >= 15 is 0 Å². The molecule has 3 aromatic rings. The Labute approximate surface area is 142 Å². The molecular formula is C22H20O2. The van der Waals surface area contributed by atoms with E-state index in [0.717, 1.165) is 17.7 Å². The van der Waals surface area contributed by atoms with Crippen LogP contribution in [-0.2, 0) is 6.42 Å². The summed E-state index contributed by atoms with van der Waals surface area (Å²) in [5.41, 5.74) is 4.16. The number of allylic oxidation sites excluding steroid dienone is 1. The number of aryl methyl sites for hydroxylation is 2.